The minimum atomic E-state index is -0.585. The van der Waals surface area contributed by atoms with Gasteiger partial charge < -0.3 is 19.7 Å². The maximum Gasteiger partial charge on any atom is 0.410 e. The third-order valence-corrected chi connectivity index (χ3v) is 6.04. The van der Waals surface area contributed by atoms with Crippen LogP contribution in [0.4, 0.5) is 10.5 Å². The predicted molar refractivity (Wildman–Crippen MR) is 145 cm³/mol. The van der Waals surface area contributed by atoms with E-state index >= 15 is 0 Å². The highest BCUT2D eigenvalue weighted by atomic mass is 16.6. The highest BCUT2D eigenvalue weighted by Gasteiger charge is 2.29. The Hall–Kier alpha value is -3.80. The number of rotatable bonds is 10. The van der Waals surface area contributed by atoms with E-state index in [0.717, 1.165) is 41.6 Å². The monoisotopic (exact) mass is 500 g/mol. The molecule has 3 aromatic carbocycles. The Labute approximate surface area is 219 Å². The Balaban J connectivity index is 1.44. The maximum absolute atomic E-state index is 13.1. The van der Waals surface area contributed by atoms with Crippen molar-refractivity contribution in [1.82, 2.24) is 4.90 Å². The molecule has 0 unspecified atom stereocenters. The van der Waals surface area contributed by atoms with Crippen LogP contribution in [0.2, 0.25) is 0 Å². The molecule has 1 saturated carbocycles. The highest BCUT2D eigenvalue weighted by molar-refractivity contribution is 5.94. The molecule has 0 aromatic heterocycles. The van der Waals surface area contributed by atoms with Crippen LogP contribution in [0.25, 0.3) is 0 Å². The Bertz CT molecular complexity index is 1200. The number of amides is 2. The number of hydrogen-bond acceptors (Lipinski definition) is 4. The molecule has 1 aliphatic carbocycles. The molecule has 6 heteroatoms. The summed E-state index contributed by atoms with van der Waals surface area (Å²) < 4.78 is 11.9. The molecule has 2 amide bonds. The van der Waals surface area contributed by atoms with Crippen LogP contribution < -0.4 is 10.1 Å². The van der Waals surface area contributed by atoms with Crippen LogP contribution >= 0.6 is 0 Å². The molecule has 1 aliphatic rings. The minimum absolute atomic E-state index is 0.0844. The summed E-state index contributed by atoms with van der Waals surface area (Å²) in [7, 11) is 0. The molecule has 6 nitrogen and oxygen atoms in total. The first-order chi connectivity index (χ1) is 17.8. The lowest BCUT2D eigenvalue weighted by Crippen LogP contribution is -2.37. The fraction of sp³-hybridized carbons (Fsp3) is 0.355. The molecule has 0 aliphatic heterocycles. The average molecular weight is 501 g/mol. The molecule has 0 heterocycles. The van der Waals surface area contributed by atoms with Crippen molar-refractivity contribution in [2.24, 2.45) is 5.92 Å². The Kier molecular flexibility index (Phi) is 8.49. The number of hydrogen-bond donors (Lipinski definition) is 1. The summed E-state index contributed by atoms with van der Waals surface area (Å²) in [5.74, 6) is 0.950. The van der Waals surface area contributed by atoms with Crippen molar-refractivity contribution >= 4 is 17.7 Å². The molecule has 4 rings (SSSR count). The van der Waals surface area contributed by atoms with Crippen molar-refractivity contribution in [2.45, 2.75) is 58.8 Å². The summed E-state index contributed by atoms with van der Waals surface area (Å²) in [6.45, 7) is 6.86. The van der Waals surface area contributed by atoms with Crippen LogP contribution in [-0.4, -0.2) is 29.0 Å². The molecule has 1 N–H and O–H groups in total. The van der Waals surface area contributed by atoms with Gasteiger partial charge in [0.05, 0.1) is 6.54 Å². The standard InChI is InChI=1S/C31H36N2O4/c1-31(2,3)37-30(35)33(19-18-23-10-5-4-6-11-23)21-26-13-7-8-15-28(26)36-22-24-12-9-14-27(20-24)32-29(34)25-16-17-25/h4-15,20,25H,16-19,21-22H2,1-3H3,(H,32,34). The lowest BCUT2D eigenvalue weighted by Gasteiger charge is -2.28. The summed E-state index contributed by atoms with van der Waals surface area (Å²) in [5.41, 5.74) is 3.21. The van der Waals surface area contributed by atoms with Gasteiger partial charge in [-0.1, -0.05) is 60.7 Å². The fourth-order valence-electron chi connectivity index (χ4n) is 3.94. The molecule has 194 valence electrons. The number of para-hydroxylation sites is 1. The molecule has 0 bridgehead atoms. The topological polar surface area (TPSA) is 67.9 Å². The summed E-state index contributed by atoms with van der Waals surface area (Å²) in [4.78, 5) is 26.9. The number of nitrogens with zero attached hydrogens (tertiary/aromatic N) is 1. The van der Waals surface area contributed by atoms with E-state index in [0.29, 0.717) is 25.4 Å². The zero-order chi connectivity index (χ0) is 26.3. The SMILES string of the molecule is CC(C)(C)OC(=O)N(CCc1ccccc1)Cc1ccccc1OCc1cccc(NC(=O)C2CC2)c1. The normalized spacial score (nSPS) is 13.1. The predicted octanol–water partition coefficient (Wildman–Crippen LogP) is 6.59. The van der Waals surface area contributed by atoms with Gasteiger partial charge in [-0.05, 0) is 69.4 Å². The van der Waals surface area contributed by atoms with E-state index in [1.165, 1.54) is 0 Å². The van der Waals surface area contributed by atoms with Crippen molar-refractivity contribution in [3.8, 4) is 5.75 Å². The number of benzene rings is 3. The molecule has 0 saturated heterocycles. The third kappa shape index (κ3) is 8.38. The van der Waals surface area contributed by atoms with E-state index in [1.54, 1.807) is 4.90 Å². The molecular weight excluding hydrogens is 464 g/mol. The van der Waals surface area contributed by atoms with Gasteiger partial charge in [0.25, 0.3) is 0 Å². The maximum atomic E-state index is 13.1. The number of carbonyl (C=O) groups excluding carboxylic acids is 2. The van der Waals surface area contributed by atoms with Crippen molar-refractivity contribution in [2.75, 3.05) is 11.9 Å². The Morgan fingerprint density at radius 3 is 2.35 bits per heavy atom. The highest BCUT2D eigenvalue weighted by Crippen LogP contribution is 2.30. The van der Waals surface area contributed by atoms with Crippen LogP contribution in [-0.2, 0) is 29.1 Å². The molecule has 0 atom stereocenters. The Morgan fingerprint density at radius 2 is 1.62 bits per heavy atom. The van der Waals surface area contributed by atoms with E-state index in [1.807, 2.05) is 87.5 Å². The van der Waals surface area contributed by atoms with Gasteiger partial charge in [0.1, 0.15) is 18.0 Å². The lowest BCUT2D eigenvalue weighted by molar-refractivity contribution is -0.117. The summed E-state index contributed by atoms with van der Waals surface area (Å²) in [6, 6.07) is 25.6. The van der Waals surface area contributed by atoms with E-state index in [4.69, 9.17) is 9.47 Å². The summed E-state index contributed by atoms with van der Waals surface area (Å²) >= 11 is 0. The summed E-state index contributed by atoms with van der Waals surface area (Å²) in [5, 5.41) is 2.99. The zero-order valence-corrected chi connectivity index (χ0v) is 21.9. The van der Waals surface area contributed by atoms with Gasteiger partial charge in [-0.3, -0.25) is 4.79 Å². The van der Waals surface area contributed by atoms with Crippen molar-refractivity contribution in [1.29, 1.82) is 0 Å². The fourth-order valence-corrected chi connectivity index (χ4v) is 3.94. The molecule has 0 radical (unpaired) electrons. The van der Waals surface area contributed by atoms with E-state index < -0.39 is 5.60 Å². The van der Waals surface area contributed by atoms with Gasteiger partial charge in [-0.2, -0.15) is 0 Å². The smallest absolute Gasteiger partial charge is 0.410 e. The van der Waals surface area contributed by atoms with Crippen LogP contribution in [0.5, 0.6) is 5.75 Å². The number of anilines is 1. The number of ether oxygens (including phenoxy) is 2. The second-order valence-electron chi connectivity index (χ2n) is 10.5. The Morgan fingerprint density at radius 1 is 0.919 bits per heavy atom. The first-order valence-electron chi connectivity index (χ1n) is 12.9. The van der Waals surface area contributed by atoms with Gasteiger partial charge in [-0.25, -0.2) is 4.79 Å². The van der Waals surface area contributed by atoms with Gasteiger partial charge in [0.2, 0.25) is 5.91 Å². The van der Waals surface area contributed by atoms with Crippen LogP contribution in [0.3, 0.4) is 0 Å². The van der Waals surface area contributed by atoms with Crippen LogP contribution in [0.15, 0.2) is 78.9 Å². The van der Waals surface area contributed by atoms with Crippen molar-refractivity contribution in [3.63, 3.8) is 0 Å². The minimum Gasteiger partial charge on any atom is -0.489 e. The molecule has 37 heavy (non-hydrogen) atoms. The van der Waals surface area contributed by atoms with E-state index in [2.05, 4.69) is 17.4 Å². The van der Waals surface area contributed by atoms with Crippen LogP contribution in [0, 0.1) is 5.92 Å². The van der Waals surface area contributed by atoms with Gasteiger partial charge in [0.15, 0.2) is 0 Å². The van der Waals surface area contributed by atoms with Crippen molar-refractivity contribution < 1.29 is 19.1 Å². The number of nitrogens with one attached hydrogen (secondary N) is 1. The quantitative estimate of drug-likeness (QED) is 0.341. The lowest BCUT2D eigenvalue weighted by atomic mass is 10.1. The molecule has 3 aromatic rings. The van der Waals surface area contributed by atoms with Gasteiger partial charge in [0, 0.05) is 23.7 Å². The third-order valence-electron chi connectivity index (χ3n) is 6.04. The zero-order valence-electron chi connectivity index (χ0n) is 21.9. The molecular formula is C31H36N2O4. The second-order valence-corrected chi connectivity index (χ2v) is 10.5. The first kappa shape index (κ1) is 26.3. The number of carbonyl (C=O) groups is 2. The first-order valence-corrected chi connectivity index (χ1v) is 12.9. The van der Waals surface area contributed by atoms with Crippen molar-refractivity contribution in [3.05, 3.63) is 95.6 Å². The summed E-state index contributed by atoms with van der Waals surface area (Å²) in [6.07, 6.45) is 2.31. The van der Waals surface area contributed by atoms with Gasteiger partial charge in [-0.15, -0.1) is 0 Å². The van der Waals surface area contributed by atoms with Gasteiger partial charge >= 0.3 is 6.09 Å². The largest absolute Gasteiger partial charge is 0.489 e. The second kappa shape index (κ2) is 12.0. The van der Waals surface area contributed by atoms with E-state index in [9.17, 15) is 9.59 Å². The van der Waals surface area contributed by atoms with E-state index in [-0.39, 0.29) is 17.9 Å². The average Bonchev–Trinajstić information content (AvgIpc) is 3.71. The van der Waals surface area contributed by atoms with Crippen LogP contribution in [0.1, 0.15) is 50.3 Å². The molecule has 1 fully saturated rings. The molecule has 0 spiro atoms.